The number of nitrogens with zero attached hydrogens (tertiary/aromatic N) is 4. The van der Waals surface area contributed by atoms with Crippen LogP contribution in [0.1, 0.15) is 45.0 Å². The van der Waals surface area contributed by atoms with Gasteiger partial charge in [-0.05, 0) is 26.3 Å². The van der Waals surface area contributed by atoms with Crippen LogP contribution in [-0.4, -0.2) is 25.5 Å². The molecule has 0 fully saturated rings. The van der Waals surface area contributed by atoms with Gasteiger partial charge in [-0.3, -0.25) is 14.2 Å². The first-order valence-corrected chi connectivity index (χ1v) is 7.46. The van der Waals surface area contributed by atoms with Crippen molar-refractivity contribution in [2.75, 3.05) is 0 Å². The minimum atomic E-state index is -0.363. The highest BCUT2D eigenvalue weighted by molar-refractivity contribution is 6.30. The largest absolute Gasteiger partial charge is 0.346 e. The van der Waals surface area contributed by atoms with E-state index in [0.29, 0.717) is 11.4 Å². The fraction of sp³-hybridized carbons (Fsp3) is 0.500. The fourth-order valence-electron chi connectivity index (χ4n) is 2.34. The zero-order valence-corrected chi connectivity index (χ0v) is 13.2. The van der Waals surface area contributed by atoms with Crippen molar-refractivity contribution < 1.29 is 4.79 Å². The Morgan fingerprint density at radius 2 is 2.19 bits per heavy atom. The van der Waals surface area contributed by atoms with Crippen LogP contribution in [0, 0.1) is 0 Å². The van der Waals surface area contributed by atoms with E-state index in [0.717, 1.165) is 12.2 Å². The molecule has 0 aliphatic rings. The summed E-state index contributed by atoms with van der Waals surface area (Å²) in [6, 6.07) is 1.44. The normalized spacial score (nSPS) is 13.9. The number of aryl methyl sites for hydroxylation is 1. The quantitative estimate of drug-likeness (QED) is 0.892. The van der Waals surface area contributed by atoms with E-state index >= 15 is 0 Å². The van der Waals surface area contributed by atoms with Gasteiger partial charge in [0.25, 0.3) is 0 Å². The van der Waals surface area contributed by atoms with Gasteiger partial charge < -0.3 is 5.32 Å². The number of hydrogen-bond donors (Lipinski definition) is 1. The van der Waals surface area contributed by atoms with Crippen LogP contribution >= 0.6 is 11.6 Å². The summed E-state index contributed by atoms with van der Waals surface area (Å²) in [4.78, 5) is 12.4. The summed E-state index contributed by atoms with van der Waals surface area (Å²) in [5.74, 6) is -0.0754. The molecule has 0 aliphatic carbocycles. The highest BCUT2D eigenvalue weighted by Gasteiger charge is 2.22. The molecule has 0 saturated carbocycles. The Morgan fingerprint density at radius 1 is 1.43 bits per heavy atom. The monoisotopic (exact) mass is 309 g/mol. The highest BCUT2D eigenvalue weighted by atomic mass is 35.5. The lowest BCUT2D eigenvalue weighted by molar-refractivity contribution is -0.125. The van der Waals surface area contributed by atoms with E-state index in [2.05, 4.69) is 15.5 Å². The van der Waals surface area contributed by atoms with E-state index in [1.54, 1.807) is 17.1 Å². The van der Waals surface area contributed by atoms with Gasteiger partial charge in [-0.2, -0.15) is 10.2 Å². The minimum absolute atomic E-state index is 0.0754. The Balaban J connectivity index is 2.09. The average Bonchev–Trinajstić information content (AvgIpc) is 3.08. The third-order valence-electron chi connectivity index (χ3n) is 3.43. The van der Waals surface area contributed by atoms with Crippen molar-refractivity contribution in [3.63, 3.8) is 0 Å². The smallest absolute Gasteiger partial charge is 0.245 e. The zero-order chi connectivity index (χ0) is 15.4. The molecule has 0 bridgehead atoms. The summed E-state index contributed by atoms with van der Waals surface area (Å²) in [7, 11) is 0. The number of amides is 1. The Kier molecular flexibility index (Phi) is 5.01. The van der Waals surface area contributed by atoms with Gasteiger partial charge in [0.15, 0.2) is 0 Å². The average molecular weight is 310 g/mol. The van der Waals surface area contributed by atoms with Crippen molar-refractivity contribution in [2.24, 2.45) is 0 Å². The lowest BCUT2D eigenvalue weighted by Gasteiger charge is -2.20. The predicted octanol–water partition coefficient (Wildman–Crippen LogP) is 2.58. The number of carbonyl (C=O) groups is 1. The molecule has 0 aliphatic heterocycles. The first kappa shape index (κ1) is 15.6. The van der Waals surface area contributed by atoms with Crippen molar-refractivity contribution in [1.82, 2.24) is 24.9 Å². The molecule has 1 N–H and O–H groups in total. The molecule has 2 unspecified atom stereocenters. The van der Waals surface area contributed by atoms with Crippen LogP contribution in [0.3, 0.4) is 0 Å². The molecule has 2 aromatic heterocycles. The van der Waals surface area contributed by atoms with Crippen molar-refractivity contribution in [1.29, 1.82) is 0 Å². The third-order valence-corrected chi connectivity index (χ3v) is 3.63. The number of carbonyl (C=O) groups excluding carboxylic acids is 1. The molecule has 0 radical (unpaired) electrons. The molecule has 2 rings (SSSR count). The molecule has 0 saturated heterocycles. The van der Waals surface area contributed by atoms with Crippen LogP contribution < -0.4 is 5.32 Å². The first-order chi connectivity index (χ1) is 10.1. The fourth-order valence-corrected chi connectivity index (χ4v) is 2.48. The maximum Gasteiger partial charge on any atom is 0.245 e. The molecule has 0 spiro atoms. The maximum absolute atomic E-state index is 12.4. The summed E-state index contributed by atoms with van der Waals surface area (Å²) in [5, 5.41) is 11.9. The molecule has 2 atom stereocenters. The van der Waals surface area contributed by atoms with Crippen LogP contribution in [0.25, 0.3) is 0 Å². The Labute approximate surface area is 129 Å². The van der Waals surface area contributed by atoms with E-state index < -0.39 is 0 Å². The van der Waals surface area contributed by atoms with Gasteiger partial charge in [0.05, 0.1) is 23.0 Å². The van der Waals surface area contributed by atoms with E-state index in [1.165, 1.54) is 6.20 Å². The molecule has 7 heteroatoms. The van der Waals surface area contributed by atoms with E-state index in [-0.39, 0.29) is 18.0 Å². The van der Waals surface area contributed by atoms with E-state index in [9.17, 15) is 4.79 Å². The van der Waals surface area contributed by atoms with Gasteiger partial charge >= 0.3 is 0 Å². The summed E-state index contributed by atoms with van der Waals surface area (Å²) < 4.78 is 3.47. The molecule has 1 amide bonds. The number of rotatable bonds is 6. The number of aromatic nitrogens is 4. The summed E-state index contributed by atoms with van der Waals surface area (Å²) in [5.41, 5.74) is 0.985. The molecule has 2 heterocycles. The number of hydrogen-bond acceptors (Lipinski definition) is 3. The van der Waals surface area contributed by atoms with Gasteiger partial charge in [-0.25, -0.2) is 0 Å². The maximum atomic E-state index is 12.4. The third kappa shape index (κ3) is 3.44. The van der Waals surface area contributed by atoms with Crippen molar-refractivity contribution in [3.8, 4) is 0 Å². The zero-order valence-electron chi connectivity index (χ0n) is 12.5. The van der Waals surface area contributed by atoms with Crippen LogP contribution in [-0.2, 0) is 11.3 Å². The van der Waals surface area contributed by atoms with Crippen molar-refractivity contribution in [2.45, 2.75) is 45.8 Å². The minimum Gasteiger partial charge on any atom is -0.346 e. The second kappa shape index (κ2) is 6.76. The standard InChI is InChI=1S/C14H20ClN5O/c1-4-12(20-9-11(15)8-17-20)14(21)18-10(3)13-6-7-16-19(13)5-2/h6-10,12H,4-5H2,1-3H3,(H,18,21). The van der Waals surface area contributed by atoms with E-state index in [1.807, 2.05) is 31.5 Å². The predicted molar refractivity (Wildman–Crippen MR) is 81.0 cm³/mol. The lowest BCUT2D eigenvalue weighted by atomic mass is 10.1. The van der Waals surface area contributed by atoms with Crippen LogP contribution in [0.5, 0.6) is 0 Å². The second-order valence-electron chi connectivity index (χ2n) is 4.86. The second-order valence-corrected chi connectivity index (χ2v) is 5.30. The lowest BCUT2D eigenvalue weighted by Crippen LogP contribution is -2.35. The van der Waals surface area contributed by atoms with Gasteiger partial charge in [-0.1, -0.05) is 18.5 Å². The first-order valence-electron chi connectivity index (χ1n) is 7.08. The van der Waals surface area contributed by atoms with Gasteiger partial charge in [0.2, 0.25) is 5.91 Å². The Hall–Kier alpha value is -1.82. The molecule has 6 nitrogen and oxygen atoms in total. The van der Waals surface area contributed by atoms with Gasteiger partial charge in [0.1, 0.15) is 6.04 Å². The number of halogens is 1. The van der Waals surface area contributed by atoms with Crippen LogP contribution in [0.2, 0.25) is 5.02 Å². The Morgan fingerprint density at radius 3 is 2.76 bits per heavy atom. The van der Waals surface area contributed by atoms with Gasteiger partial charge in [0, 0.05) is 18.9 Å². The molecular weight excluding hydrogens is 290 g/mol. The number of nitrogens with one attached hydrogen (secondary N) is 1. The summed E-state index contributed by atoms with van der Waals surface area (Å²) in [6.07, 6.45) is 5.58. The van der Waals surface area contributed by atoms with Crippen molar-refractivity contribution >= 4 is 17.5 Å². The highest BCUT2D eigenvalue weighted by Crippen LogP contribution is 2.17. The van der Waals surface area contributed by atoms with Crippen molar-refractivity contribution in [3.05, 3.63) is 35.4 Å². The summed E-state index contributed by atoms with van der Waals surface area (Å²) in [6.45, 7) is 6.69. The van der Waals surface area contributed by atoms with Crippen LogP contribution in [0.15, 0.2) is 24.7 Å². The molecule has 114 valence electrons. The molecule has 0 aromatic carbocycles. The van der Waals surface area contributed by atoms with E-state index in [4.69, 9.17) is 11.6 Å². The molecule has 2 aromatic rings. The topological polar surface area (TPSA) is 64.7 Å². The SMILES string of the molecule is CCC(C(=O)NC(C)c1ccnn1CC)n1cc(Cl)cn1. The Bertz CT molecular complexity index is 606. The molecular formula is C14H20ClN5O. The van der Waals surface area contributed by atoms with Crippen LogP contribution in [0.4, 0.5) is 0 Å². The van der Waals surface area contributed by atoms with Gasteiger partial charge in [-0.15, -0.1) is 0 Å². The summed E-state index contributed by atoms with van der Waals surface area (Å²) >= 11 is 5.87. The molecule has 21 heavy (non-hydrogen) atoms.